The maximum atomic E-state index is 13.9. The number of pyridine rings is 2. The molecule has 1 saturated heterocycles. The molecule has 0 bridgehead atoms. The highest BCUT2D eigenvalue weighted by Gasteiger charge is 2.24. The van der Waals surface area contributed by atoms with Crippen molar-refractivity contribution in [3.05, 3.63) is 86.7 Å². The third-order valence-electron chi connectivity index (χ3n) is 7.61. The van der Waals surface area contributed by atoms with Crippen LogP contribution in [0.2, 0.25) is 0 Å². The standard InChI is InChI=1S/C31H36N6O4/c1-18(2)36-16-20(4)28-25(31(40)37(32)17-26-19(3)10-21(5)34-29(26)38)12-22(13-27(28)36)23-11-24(15-33-14-23)30(39)35-6-8-41-9-7-35/h10-16,18H,6-9,17,32H2,1-5H3,(H,34,38). The van der Waals surface area contributed by atoms with Gasteiger partial charge in [0.15, 0.2) is 0 Å². The number of hydrogen-bond donors (Lipinski definition) is 2. The van der Waals surface area contributed by atoms with Crippen LogP contribution < -0.4 is 11.4 Å². The zero-order chi connectivity index (χ0) is 29.4. The number of benzene rings is 1. The number of hydrogen-bond acceptors (Lipinski definition) is 6. The minimum absolute atomic E-state index is 0.0406. The van der Waals surface area contributed by atoms with Crippen LogP contribution in [0.25, 0.3) is 22.0 Å². The molecule has 2 amide bonds. The first kappa shape index (κ1) is 28.3. The van der Waals surface area contributed by atoms with Crippen molar-refractivity contribution >= 4 is 22.7 Å². The third kappa shape index (κ3) is 5.53. The van der Waals surface area contributed by atoms with E-state index in [9.17, 15) is 14.4 Å². The van der Waals surface area contributed by atoms with E-state index in [-0.39, 0.29) is 24.1 Å². The minimum atomic E-state index is -0.408. The van der Waals surface area contributed by atoms with Crippen LogP contribution in [0.4, 0.5) is 0 Å². The molecule has 5 rings (SSSR count). The number of carbonyl (C=O) groups excluding carboxylic acids is 2. The van der Waals surface area contributed by atoms with Crippen molar-refractivity contribution in [3.63, 3.8) is 0 Å². The number of aryl methyl sites for hydroxylation is 3. The summed E-state index contributed by atoms with van der Waals surface area (Å²) in [6.45, 7) is 11.8. The topological polar surface area (TPSA) is 127 Å². The zero-order valence-corrected chi connectivity index (χ0v) is 24.2. The molecule has 1 fully saturated rings. The summed E-state index contributed by atoms with van der Waals surface area (Å²) < 4.78 is 7.51. The second-order valence-corrected chi connectivity index (χ2v) is 11.0. The summed E-state index contributed by atoms with van der Waals surface area (Å²) in [6, 6.07) is 7.63. The molecule has 1 aromatic carbocycles. The van der Waals surface area contributed by atoms with Gasteiger partial charge in [-0.2, -0.15) is 0 Å². The van der Waals surface area contributed by atoms with Gasteiger partial charge in [0.1, 0.15) is 0 Å². The maximum Gasteiger partial charge on any atom is 0.268 e. The van der Waals surface area contributed by atoms with Crippen LogP contribution >= 0.6 is 0 Å². The Morgan fingerprint density at radius 1 is 1.05 bits per heavy atom. The van der Waals surface area contributed by atoms with E-state index < -0.39 is 5.91 Å². The minimum Gasteiger partial charge on any atom is -0.378 e. The Hall–Kier alpha value is -4.28. The molecule has 0 spiro atoms. The molecule has 0 unspecified atom stereocenters. The number of H-pyrrole nitrogens is 1. The number of nitrogens with two attached hydrogens (primary N) is 1. The first-order chi connectivity index (χ1) is 19.5. The number of rotatable bonds is 6. The Balaban J connectivity index is 1.59. The molecule has 0 atom stereocenters. The lowest BCUT2D eigenvalue weighted by Gasteiger charge is -2.26. The number of nitrogens with one attached hydrogen (secondary N) is 1. The smallest absolute Gasteiger partial charge is 0.268 e. The summed E-state index contributed by atoms with van der Waals surface area (Å²) in [5, 5.41) is 1.89. The first-order valence-corrected chi connectivity index (χ1v) is 13.8. The fraction of sp³-hybridized carbons (Fsp3) is 0.355. The summed E-state index contributed by atoms with van der Waals surface area (Å²) in [4.78, 5) is 48.7. The SMILES string of the molecule is Cc1cc(C)c(CN(N)C(=O)c2cc(-c3cncc(C(=O)N4CCOCC4)c3)cc3c2c(C)cn3C(C)C)c(=O)[nH]1. The number of fused-ring (bicyclic) bond motifs is 1. The van der Waals surface area contributed by atoms with Crippen LogP contribution in [-0.4, -0.2) is 62.6 Å². The van der Waals surface area contributed by atoms with Gasteiger partial charge in [-0.05, 0) is 75.6 Å². The number of morpholine rings is 1. The van der Waals surface area contributed by atoms with Gasteiger partial charge < -0.3 is 19.2 Å². The zero-order valence-electron chi connectivity index (χ0n) is 24.2. The van der Waals surface area contributed by atoms with E-state index in [0.717, 1.165) is 38.3 Å². The molecule has 3 N–H and O–H groups in total. The Morgan fingerprint density at radius 3 is 2.46 bits per heavy atom. The van der Waals surface area contributed by atoms with Gasteiger partial charge in [-0.3, -0.25) is 24.4 Å². The van der Waals surface area contributed by atoms with Gasteiger partial charge >= 0.3 is 0 Å². The number of nitrogens with zero attached hydrogens (tertiary/aromatic N) is 4. The van der Waals surface area contributed by atoms with Crippen molar-refractivity contribution in [1.82, 2.24) is 24.4 Å². The van der Waals surface area contributed by atoms with E-state index in [1.54, 1.807) is 23.4 Å². The first-order valence-electron chi connectivity index (χ1n) is 13.8. The number of hydrazine groups is 1. The van der Waals surface area contributed by atoms with Gasteiger partial charge in [-0.15, -0.1) is 0 Å². The van der Waals surface area contributed by atoms with Crippen molar-refractivity contribution in [2.45, 2.75) is 47.2 Å². The summed E-state index contributed by atoms with van der Waals surface area (Å²) in [6.07, 6.45) is 5.29. The largest absolute Gasteiger partial charge is 0.378 e. The fourth-order valence-electron chi connectivity index (χ4n) is 5.49. The van der Waals surface area contributed by atoms with E-state index in [1.165, 1.54) is 0 Å². The fourth-order valence-corrected chi connectivity index (χ4v) is 5.49. The lowest BCUT2D eigenvalue weighted by atomic mass is 9.97. The van der Waals surface area contributed by atoms with Gasteiger partial charge in [-0.1, -0.05) is 0 Å². The van der Waals surface area contributed by atoms with Crippen molar-refractivity contribution in [2.75, 3.05) is 26.3 Å². The highest BCUT2D eigenvalue weighted by molar-refractivity contribution is 6.09. The van der Waals surface area contributed by atoms with Crippen LogP contribution in [0.1, 0.15) is 63.0 Å². The number of amides is 2. The Morgan fingerprint density at radius 2 is 1.78 bits per heavy atom. The Labute approximate surface area is 238 Å². The molecule has 1 aliphatic heterocycles. The normalized spacial score (nSPS) is 13.7. The summed E-state index contributed by atoms with van der Waals surface area (Å²) >= 11 is 0. The van der Waals surface area contributed by atoms with Gasteiger partial charge in [0.25, 0.3) is 17.4 Å². The van der Waals surface area contributed by atoms with Crippen LogP contribution in [0.3, 0.4) is 0 Å². The van der Waals surface area contributed by atoms with Gasteiger partial charge in [0.05, 0.1) is 30.9 Å². The molecule has 41 heavy (non-hydrogen) atoms. The number of carbonyl (C=O) groups is 2. The Bertz CT molecular complexity index is 1700. The highest BCUT2D eigenvalue weighted by atomic mass is 16.5. The molecule has 4 heterocycles. The van der Waals surface area contributed by atoms with E-state index in [4.69, 9.17) is 10.6 Å². The van der Waals surface area contributed by atoms with Gasteiger partial charge in [0.2, 0.25) is 0 Å². The second kappa shape index (κ2) is 11.3. The average molecular weight is 557 g/mol. The molecule has 3 aromatic heterocycles. The molecular weight excluding hydrogens is 520 g/mol. The molecule has 0 aliphatic carbocycles. The number of aromatic nitrogens is 3. The van der Waals surface area contributed by atoms with Crippen molar-refractivity contribution < 1.29 is 14.3 Å². The quantitative estimate of drug-likeness (QED) is 0.211. The van der Waals surface area contributed by atoms with Crippen LogP contribution in [0.15, 0.2) is 47.7 Å². The molecule has 10 nitrogen and oxygen atoms in total. The van der Waals surface area contributed by atoms with E-state index in [1.807, 2.05) is 45.2 Å². The second-order valence-electron chi connectivity index (χ2n) is 11.0. The van der Waals surface area contributed by atoms with E-state index in [0.29, 0.717) is 48.6 Å². The summed E-state index contributed by atoms with van der Waals surface area (Å²) in [7, 11) is 0. The monoisotopic (exact) mass is 556 g/mol. The molecule has 0 saturated carbocycles. The predicted molar refractivity (Wildman–Crippen MR) is 158 cm³/mol. The van der Waals surface area contributed by atoms with Crippen LogP contribution in [0, 0.1) is 20.8 Å². The lowest BCUT2D eigenvalue weighted by molar-refractivity contribution is 0.0302. The molecule has 1 aliphatic rings. The Kier molecular flexibility index (Phi) is 7.79. The number of ether oxygens (including phenoxy) is 1. The van der Waals surface area contributed by atoms with Crippen molar-refractivity contribution in [2.24, 2.45) is 5.84 Å². The van der Waals surface area contributed by atoms with Crippen molar-refractivity contribution in [1.29, 1.82) is 0 Å². The van der Waals surface area contributed by atoms with Crippen molar-refractivity contribution in [3.8, 4) is 11.1 Å². The predicted octanol–water partition coefficient (Wildman–Crippen LogP) is 3.89. The van der Waals surface area contributed by atoms with E-state index in [2.05, 4.69) is 28.4 Å². The average Bonchev–Trinajstić information content (AvgIpc) is 3.30. The molecule has 10 heteroatoms. The molecular formula is C31H36N6O4. The molecule has 4 aromatic rings. The maximum absolute atomic E-state index is 13.9. The van der Waals surface area contributed by atoms with E-state index >= 15 is 0 Å². The molecule has 214 valence electrons. The molecule has 0 radical (unpaired) electrons. The highest BCUT2D eigenvalue weighted by Crippen LogP contribution is 2.33. The third-order valence-corrected chi connectivity index (χ3v) is 7.61. The van der Waals surface area contributed by atoms with Crippen LogP contribution in [-0.2, 0) is 11.3 Å². The number of aromatic amines is 1. The lowest BCUT2D eigenvalue weighted by Crippen LogP contribution is -2.40. The summed E-state index contributed by atoms with van der Waals surface area (Å²) in [5.74, 6) is 5.84. The van der Waals surface area contributed by atoms with Crippen LogP contribution in [0.5, 0.6) is 0 Å². The van der Waals surface area contributed by atoms with Gasteiger partial charge in [-0.25, -0.2) is 5.84 Å². The van der Waals surface area contributed by atoms with Gasteiger partial charge in [0, 0.05) is 65.4 Å². The summed E-state index contributed by atoms with van der Waals surface area (Å²) in [5.41, 5.74) is 5.85.